The van der Waals surface area contributed by atoms with Crippen LogP contribution in [0.5, 0.6) is 17.5 Å². The van der Waals surface area contributed by atoms with Crippen LogP contribution in [0.4, 0.5) is 5.69 Å². The molecule has 0 aliphatic heterocycles. The van der Waals surface area contributed by atoms with Gasteiger partial charge in [0.25, 0.3) is 0 Å². The molecule has 1 aromatic heterocycles. The van der Waals surface area contributed by atoms with Gasteiger partial charge in [-0.3, -0.25) is 0 Å². The molecule has 0 spiro atoms. The molecule has 0 saturated heterocycles. The van der Waals surface area contributed by atoms with Crippen molar-refractivity contribution in [2.45, 2.75) is 26.2 Å². The van der Waals surface area contributed by atoms with E-state index in [1.807, 2.05) is 12.1 Å². The van der Waals surface area contributed by atoms with Gasteiger partial charge in [0.15, 0.2) is 0 Å². The van der Waals surface area contributed by atoms with Gasteiger partial charge in [-0.1, -0.05) is 25.5 Å². The van der Waals surface area contributed by atoms with E-state index in [9.17, 15) is 0 Å². The second-order valence-electron chi connectivity index (χ2n) is 4.60. The number of rotatable bonds is 6. The lowest BCUT2D eigenvalue weighted by Crippen LogP contribution is -1.97. The number of anilines is 1. The van der Waals surface area contributed by atoms with E-state index in [2.05, 4.69) is 24.0 Å². The molecule has 2 N–H and O–H groups in total. The Morgan fingerprint density at radius 3 is 2.50 bits per heavy atom. The molecule has 0 fully saturated rings. The Morgan fingerprint density at radius 1 is 1.10 bits per heavy atom. The SMILES string of the molecule is CCCCc1ccc(Oc2ccc(N)c(OC)n2)cc1. The minimum Gasteiger partial charge on any atom is -0.479 e. The number of nitrogens with zero attached hydrogens (tertiary/aromatic N) is 1. The van der Waals surface area contributed by atoms with Crippen molar-refractivity contribution < 1.29 is 9.47 Å². The van der Waals surface area contributed by atoms with E-state index in [1.165, 1.54) is 25.5 Å². The smallest absolute Gasteiger partial charge is 0.240 e. The summed E-state index contributed by atoms with van der Waals surface area (Å²) >= 11 is 0. The zero-order valence-electron chi connectivity index (χ0n) is 11.9. The van der Waals surface area contributed by atoms with Gasteiger partial charge in [-0.05, 0) is 36.6 Å². The number of nitrogens with two attached hydrogens (primary N) is 1. The van der Waals surface area contributed by atoms with Crippen molar-refractivity contribution in [2.24, 2.45) is 0 Å². The molecule has 0 bridgehead atoms. The fourth-order valence-corrected chi connectivity index (χ4v) is 1.88. The first kappa shape index (κ1) is 14.2. The molecular weight excluding hydrogens is 252 g/mol. The molecule has 0 saturated carbocycles. The van der Waals surface area contributed by atoms with Crippen molar-refractivity contribution in [3.8, 4) is 17.5 Å². The van der Waals surface area contributed by atoms with Crippen molar-refractivity contribution in [1.29, 1.82) is 0 Å². The van der Waals surface area contributed by atoms with E-state index >= 15 is 0 Å². The highest BCUT2D eigenvalue weighted by molar-refractivity contribution is 5.49. The highest BCUT2D eigenvalue weighted by Crippen LogP contribution is 2.25. The Hall–Kier alpha value is -2.23. The molecule has 0 aliphatic rings. The lowest BCUT2D eigenvalue weighted by atomic mass is 10.1. The monoisotopic (exact) mass is 272 g/mol. The first-order valence-electron chi connectivity index (χ1n) is 6.80. The Bertz CT molecular complexity index is 553. The average Bonchev–Trinajstić information content (AvgIpc) is 2.48. The lowest BCUT2D eigenvalue weighted by molar-refractivity contribution is 0.385. The van der Waals surface area contributed by atoms with Gasteiger partial charge < -0.3 is 15.2 Å². The van der Waals surface area contributed by atoms with Gasteiger partial charge in [0.2, 0.25) is 11.8 Å². The fourth-order valence-electron chi connectivity index (χ4n) is 1.88. The van der Waals surface area contributed by atoms with Gasteiger partial charge in [-0.2, -0.15) is 4.98 Å². The Balaban J connectivity index is 2.06. The molecule has 0 amide bonds. The van der Waals surface area contributed by atoms with Crippen LogP contribution < -0.4 is 15.2 Å². The van der Waals surface area contributed by atoms with E-state index in [1.54, 1.807) is 12.1 Å². The minimum absolute atomic E-state index is 0.377. The molecule has 0 aliphatic carbocycles. The molecule has 0 unspecified atom stereocenters. The zero-order valence-corrected chi connectivity index (χ0v) is 11.9. The van der Waals surface area contributed by atoms with E-state index in [-0.39, 0.29) is 0 Å². The summed E-state index contributed by atoms with van der Waals surface area (Å²) in [5, 5.41) is 0. The summed E-state index contributed by atoms with van der Waals surface area (Å²) in [6.07, 6.45) is 3.51. The van der Waals surface area contributed by atoms with E-state index in [0.29, 0.717) is 17.4 Å². The summed E-state index contributed by atoms with van der Waals surface area (Å²) in [6, 6.07) is 11.5. The Labute approximate surface area is 119 Å². The maximum Gasteiger partial charge on any atom is 0.240 e. The molecule has 20 heavy (non-hydrogen) atoms. The third-order valence-corrected chi connectivity index (χ3v) is 3.02. The normalized spacial score (nSPS) is 10.3. The number of aryl methyl sites for hydroxylation is 1. The number of hydrogen-bond acceptors (Lipinski definition) is 4. The summed E-state index contributed by atoms with van der Waals surface area (Å²) in [5.41, 5.74) is 7.53. The predicted octanol–water partition coefficient (Wildman–Crippen LogP) is 3.81. The van der Waals surface area contributed by atoms with E-state index in [0.717, 1.165) is 12.2 Å². The Morgan fingerprint density at radius 2 is 1.85 bits per heavy atom. The first-order valence-corrected chi connectivity index (χ1v) is 6.80. The number of ether oxygens (including phenoxy) is 2. The predicted molar refractivity (Wildman–Crippen MR) is 80.3 cm³/mol. The summed E-state index contributed by atoms with van der Waals surface area (Å²) in [7, 11) is 1.53. The summed E-state index contributed by atoms with van der Waals surface area (Å²) in [5.74, 6) is 1.60. The van der Waals surface area contributed by atoms with Crippen LogP contribution in [0.3, 0.4) is 0 Å². The number of benzene rings is 1. The Kier molecular flexibility index (Phi) is 4.82. The number of methoxy groups -OCH3 is 1. The van der Waals surface area contributed by atoms with E-state index in [4.69, 9.17) is 15.2 Å². The van der Waals surface area contributed by atoms with Gasteiger partial charge in [-0.25, -0.2) is 0 Å². The van der Waals surface area contributed by atoms with E-state index < -0.39 is 0 Å². The lowest BCUT2D eigenvalue weighted by Gasteiger charge is -2.08. The van der Waals surface area contributed by atoms with Crippen molar-refractivity contribution in [2.75, 3.05) is 12.8 Å². The standard InChI is InChI=1S/C16H20N2O2/c1-3-4-5-12-6-8-13(9-7-12)20-15-11-10-14(17)16(18-15)19-2/h6-11H,3-5,17H2,1-2H3. The maximum atomic E-state index is 5.72. The third kappa shape index (κ3) is 3.63. The van der Waals surface area contributed by atoms with Crippen LogP contribution in [-0.4, -0.2) is 12.1 Å². The van der Waals surface area contributed by atoms with Crippen molar-refractivity contribution >= 4 is 5.69 Å². The first-order chi connectivity index (χ1) is 9.72. The highest BCUT2D eigenvalue weighted by Gasteiger charge is 2.05. The molecule has 0 radical (unpaired) electrons. The number of hydrogen-bond donors (Lipinski definition) is 1. The van der Waals surface area contributed by atoms with Crippen LogP contribution in [0.15, 0.2) is 36.4 Å². The number of aromatic nitrogens is 1. The molecule has 0 atom stereocenters. The van der Waals surface area contributed by atoms with Crippen molar-refractivity contribution in [3.05, 3.63) is 42.0 Å². The van der Waals surface area contributed by atoms with Gasteiger partial charge in [0, 0.05) is 6.07 Å². The van der Waals surface area contributed by atoms with Crippen LogP contribution >= 0.6 is 0 Å². The highest BCUT2D eigenvalue weighted by atomic mass is 16.5. The molecule has 1 aromatic carbocycles. The molecule has 4 nitrogen and oxygen atoms in total. The van der Waals surface area contributed by atoms with Gasteiger partial charge in [-0.15, -0.1) is 0 Å². The summed E-state index contributed by atoms with van der Waals surface area (Å²) in [4.78, 5) is 4.19. The topological polar surface area (TPSA) is 57.4 Å². The van der Waals surface area contributed by atoms with Crippen molar-refractivity contribution in [1.82, 2.24) is 4.98 Å². The zero-order chi connectivity index (χ0) is 14.4. The second-order valence-corrected chi connectivity index (χ2v) is 4.60. The molecule has 1 heterocycles. The molecular formula is C16H20N2O2. The molecule has 2 aromatic rings. The summed E-state index contributed by atoms with van der Waals surface area (Å²) < 4.78 is 10.8. The number of nitrogen functional groups attached to an aromatic ring is 1. The minimum atomic E-state index is 0.377. The molecule has 4 heteroatoms. The van der Waals surface area contributed by atoms with Gasteiger partial charge in [0.05, 0.1) is 12.8 Å². The quantitative estimate of drug-likeness (QED) is 0.868. The molecule has 106 valence electrons. The van der Waals surface area contributed by atoms with Crippen LogP contribution in [-0.2, 0) is 6.42 Å². The number of unbranched alkanes of at least 4 members (excludes halogenated alkanes) is 1. The second kappa shape index (κ2) is 6.80. The van der Waals surface area contributed by atoms with Crippen LogP contribution in [0.25, 0.3) is 0 Å². The third-order valence-electron chi connectivity index (χ3n) is 3.02. The van der Waals surface area contributed by atoms with Crippen LogP contribution in [0, 0.1) is 0 Å². The van der Waals surface area contributed by atoms with Gasteiger partial charge >= 0.3 is 0 Å². The van der Waals surface area contributed by atoms with Crippen LogP contribution in [0.2, 0.25) is 0 Å². The molecule has 2 rings (SSSR count). The summed E-state index contributed by atoms with van der Waals surface area (Å²) in [6.45, 7) is 2.19. The average molecular weight is 272 g/mol. The fraction of sp³-hybridized carbons (Fsp3) is 0.312. The number of pyridine rings is 1. The maximum absolute atomic E-state index is 5.72. The van der Waals surface area contributed by atoms with Crippen LogP contribution in [0.1, 0.15) is 25.3 Å². The van der Waals surface area contributed by atoms with Gasteiger partial charge in [0.1, 0.15) is 5.75 Å². The van der Waals surface area contributed by atoms with Crippen molar-refractivity contribution in [3.63, 3.8) is 0 Å². The largest absolute Gasteiger partial charge is 0.479 e.